The third-order valence-corrected chi connectivity index (χ3v) is 5.11. The highest BCUT2D eigenvalue weighted by Gasteiger charge is 2.35. The van der Waals surface area contributed by atoms with Crippen LogP contribution in [-0.4, -0.2) is 52.7 Å². The number of amides is 2. The summed E-state index contributed by atoms with van der Waals surface area (Å²) in [5.41, 5.74) is 6.97. The predicted molar refractivity (Wildman–Crippen MR) is 99.9 cm³/mol. The minimum atomic E-state index is -0.160. The van der Waals surface area contributed by atoms with Gasteiger partial charge in [-0.25, -0.2) is 0 Å². The van der Waals surface area contributed by atoms with E-state index in [0.717, 1.165) is 18.5 Å². The molecule has 3 rings (SSSR count). The van der Waals surface area contributed by atoms with E-state index in [-0.39, 0.29) is 23.3 Å². The zero-order chi connectivity index (χ0) is 18.9. The summed E-state index contributed by atoms with van der Waals surface area (Å²) in [5.74, 6) is 0.296. The minimum Gasteiger partial charge on any atom is -0.355 e. The lowest BCUT2D eigenvalue weighted by Gasteiger charge is -2.31. The zero-order valence-corrected chi connectivity index (χ0v) is 16.1. The quantitative estimate of drug-likeness (QED) is 0.830. The molecule has 0 aromatic carbocycles. The molecule has 1 unspecified atom stereocenters. The van der Waals surface area contributed by atoms with Gasteiger partial charge in [0.15, 0.2) is 5.69 Å². The smallest absolute Gasteiger partial charge is 0.274 e. The van der Waals surface area contributed by atoms with Crippen molar-refractivity contribution in [1.29, 1.82) is 0 Å². The summed E-state index contributed by atoms with van der Waals surface area (Å²) in [4.78, 5) is 27.0. The highest BCUT2D eigenvalue weighted by molar-refractivity contribution is 5.93. The highest BCUT2D eigenvalue weighted by atomic mass is 16.2. The number of aromatic nitrogens is 2. The molecule has 1 saturated heterocycles. The van der Waals surface area contributed by atoms with Crippen LogP contribution >= 0.6 is 0 Å². The van der Waals surface area contributed by atoms with E-state index in [2.05, 4.69) is 31.2 Å². The molecule has 2 aliphatic rings. The van der Waals surface area contributed by atoms with Gasteiger partial charge in [-0.2, -0.15) is 5.10 Å². The van der Waals surface area contributed by atoms with Gasteiger partial charge in [0.2, 0.25) is 5.91 Å². The molecule has 1 atom stereocenters. The largest absolute Gasteiger partial charge is 0.355 e. The molecule has 2 amide bonds. The molecule has 0 bridgehead atoms. The van der Waals surface area contributed by atoms with E-state index in [1.54, 1.807) is 4.90 Å². The van der Waals surface area contributed by atoms with E-state index in [1.807, 2.05) is 10.7 Å². The summed E-state index contributed by atoms with van der Waals surface area (Å²) in [7, 11) is 0. The van der Waals surface area contributed by atoms with Crippen LogP contribution in [0.3, 0.4) is 0 Å². The SMILES string of the molecule is CC(C)(C)n1nc(C(=O)N2CCCC(C(=O)NCCN)C2)cc1C1CC1. The van der Waals surface area contributed by atoms with Crippen LogP contribution in [0, 0.1) is 5.92 Å². The lowest BCUT2D eigenvalue weighted by atomic mass is 9.97. The molecule has 1 saturated carbocycles. The first-order valence-corrected chi connectivity index (χ1v) is 9.68. The molecule has 2 heterocycles. The maximum Gasteiger partial charge on any atom is 0.274 e. The number of hydrogen-bond acceptors (Lipinski definition) is 4. The number of carbonyl (C=O) groups excluding carboxylic acids is 2. The second-order valence-corrected chi connectivity index (χ2v) is 8.48. The Morgan fingerprint density at radius 2 is 2.04 bits per heavy atom. The van der Waals surface area contributed by atoms with Gasteiger partial charge in [0.25, 0.3) is 5.91 Å². The van der Waals surface area contributed by atoms with Gasteiger partial charge in [0, 0.05) is 37.8 Å². The third-order valence-electron chi connectivity index (χ3n) is 5.11. The standard InChI is InChI=1S/C19H31N5O2/c1-19(2,3)24-16(13-6-7-13)11-15(22-24)18(26)23-10-4-5-14(12-23)17(25)21-9-8-20/h11,13-14H,4-10,12,20H2,1-3H3,(H,21,25). The van der Waals surface area contributed by atoms with Crippen LogP contribution in [0.5, 0.6) is 0 Å². The average molecular weight is 361 g/mol. The van der Waals surface area contributed by atoms with E-state index in [4.69, 9.17) is 5.73 Å². The molecule has 1 aromatic heterocycles. The molecule has 26 heavy (non-hydrogen) atoms. The first-order chi connectivity index (χ1) is 12.3. The van der Waals surface area contributed by atoms with Gasteiger partial charge in [0.1, 0.15) is 0 Å². The van der Waals surface area contributed by atoms with Crippen LogP contribution in [0.2, 0.25) is 0 Å². The molecule has 144 valence electrons. The number of nitrogens with two attached hydrogens (primary N) is 1. The number of nitrogens with one attached hydrogen (secondary N) is 1. The number of carbonyl (C=O) groups is 2. The summed E-state index contributed by atoms with van der Waals surface area (Å²) in [5, 5.41) is 7.48. The van der Waals surface area contributed by atoms with Crippen LogP contribution in [0.4, 0.5) is 0 Å². The van der Waals surface area contributed by atoms with Gasteiger partial charge >= 0.3 is 0 Å². The molecule has 7 nitrogen and oxygen atoms in total. The number of likely N-dealkylation sites (tertiary alicyclic amines) is 1. The first-order valence-electron chi connectivity index (χ1n) is 9.68. The van der Waals surface area contributed by atoms with Crippen LogP contribution in [-0.2, 0) is 10.3 Å². The summed E-state index contributed by atoms with van der Waals surface area (Å²) in [6, 6.07) is 1.96. The van der Waals surface area contributed by atoms with E-state index in [9.17, 15) is 9.59 Å². The topological polar surface area (TPSA) is 93.2 Å². The van der Waals surface area contributed by atoms with Crippen LogP contribution in [0.25, 0.3) is 0 Å². The Balaban J connectivity index is 1.73. The number of piperidine rings is 1. The summed E-state index contributed by atoms with van der Waals surface area (Å²) in [6.07, 6.45) is 3.98. The lowest BCUT2D eigenvalue weighted by Crippen LogP contribution is -2.46. The fourth-order valence-corrected chi connectivity index (χ4v) is 3.58. The second kappa shape index (κ2) is 7.39. The fraction of sp³-hybridized carbons (Fsp3) is 0.737. The molecule has 2 fully saturated rings. The van der Waals surface area contributed by atoms with Crippen LogP contribution < -0.4 is 11.1 Å². The molecule has 3 N–H and O–H groups in total. The summed E-state index contributed by atoms with van der Waals surface area (Å²) in [6.45, 7) is 8.37. The molecule has 1 aliphatic heterocycles. The van der Waals surface area contributed by atoms with Gasteiger partial charge in [-0.1, -0.05) is 0 Å². The number of rotatable bonds is 5. The Hall–Kier alpha value is -1.89. The van der Waals surface area contributed by atoms with Crippen molar-refractivity contribution < 1.29 is 9.59 Å². The number of hydrogen-bond donors (Lipinski definition) is 2. The van der Waals surface area contributed by atoms with Crippen LogP contribution in [0.15, 0.2) is 6.07 Å². The highest BCUT2D eigenvalue weighted by Crippen LogP contribution is 2.41. The molecule has 1 aromatic rings. The molecular weight excluding hydrogens is 330 g/mol. The van der Waals surface area contributed by atoms with Crippen molar-refractivity contribution in [2.24, 2.45) is 11.7 Å². The van der Waals surface area contributed by atoms with E-state index in [1.165, 1.54) is 12.8 Å². The molecule has 0 spiro atoms. The third kappa shape index (κ3) is 4.09. The van der Waals surface area contributed by atoms with Crippen molar-refractivity contribution in [1.82, 2.24) is 20.0 Å². The van der Waals surface area contributed by atoms with Crippen molar-refractivity contribution in [2.75, 3.05) is 26.2 Å². The van der Waals surface area contributed by atoms with Gasteiger partial charge in [0.05, 0.1) is 11.5 Å². The Morgan fingerprint density at radius 1 is 1.31 bits per heavy atom. The molecule has 0 radical (unpaired) electrons. The van der Waals surface area contributed by atoms with Gasteiger partial charge < -0.3 is 16.0 Å². The molecule has 1 aliphatic carbocycles. The van der Waals surface area contributed by atoms with E-state index < -0.39 is 0 Å². The fourth-order valence-electron chi connectivity index (χ4n) is 3.58. The van der Waals surface area contributed by atoms with Gasteiger partial charge in [-0.3, -0.25) is 14.3 Å². The molecule has 7 heteroatoms. The monoisotopic (exact) mass is 361 g/mol. The van der Waals surface area contributed by atoms with Gasteiger partial charge in [-0.05, 0) is 52.5 Å². The van der Waals surface area contributed by atoms with Crippen molar-refractivity contribution in [2.45, 2.75) is 57.9 Å². The lowest BCUT2D eigenvalue weighted by molar-refractivity contribution is -0.126. The Bertz CT molecular complexity index is 672. The number of nitrogens with zero attached hydrogens (tertiary/aromatic N) is 3. The molecular formula is C19H31N5O2. The second-order valence-electron chi connectivity index (χ2n) is 8.48. The van der Waals surface area contributed by atoms with Crippen molar-refractivity contribution >= 4 is 11.8 Å². The van der Waals surface area contributed by atoms with E-state index in [0.29, 0.717) is 37.8 Å². The minimum absolute atomic E-state index is 0.00756. The van der Waals surface area contributed by atoms with Crippen molar-refractivity contribution in [3.05, 3.63) is 17.5 Å². The summed E-state index contributed by atoms with van der Waals surface area (Å²) >= 11 is 0. The average Bonchev–Trinajstić information content (AvgIpc) is 3.36. The van der Waals surface area contributed by atoms with Crippen molar-refractivity contribution in [3.8, 4) is 0 Å². The Kier molecular flexibility index (Phi) is 5.37. The summed E-state index contributed by atoms with van der Waals surface area (Å²) < 4.78 is 2.01. The van der Waals surface area contributed by atoms with Crippen LogP contribution in [0.1, 0.15) is 68.6 Å². The maximum atomic E-state index is 13.0. The van der Waals surface area contributed by atoms with Gasteiger partial charge in [-0.15, -0.1) is 0 Å². The van der Waals surface area contributed by atoms with E-state index >= 15 is 0 Å². The predicted octanol–water partition coefficient (Wildman–Crippen LogP) is 1.44. The normalized spacial score (nSPS) is 20.9. The van der Waals surface area contributed by atoms with Crippen molar-refractivity contribution in [3.63, 3.8) is 0 Å². The first kappa shape index (κ1) is 18.9. The Morgan fingerprint density at radius 3 is 2.65 bits per heavy atom. The Labute approximate surface area is 155 Å². The maximum absolute atomic E-state index is 13.0. The zero-order valence-electron chi connectivity index (χ0n) is 16.1.